The highest BCUT2D eigenvalue weighted by molar-refractivity contribution is 5.77. The SMILES string of the molecule is O=C(CC1OCCc2ccccc21)N1CCCC(c2ccn[nH]2)C1. The van der Waals surface area contributed by atoms with E-state index in [2.05, 4.69) is 28.4 Å². The van der Waals surface area contributed by atoms with Crippen LogP contribution in [0.1, 0.15) is 48.1 Å². The van der Waals surface area contributed by atoms with E-state index < -0.39 is 0 Å². The van der Waals surface area contributed by atoms with E-state index in [1.807, 2.05) is 17.0 Å². The third-order valence-electron chi connectivity index (χ3n) is 5.19. The number of carbonyl (C=O) groups is 1. The van der Waals surface area contributed by atoms with Crippen LogP contribution in [-0.4, -0.2) is 40.7 Å². The molecular weight excluding hydrogens is 302 g/mol. The normalized spacial score (nSPS) is 23.8. The number of piperidine rings is 1. The van der Waals surface area contributed by atoms with Crippen LogP contribution in [0.15, 0.2) is 36.5 Å². The minimum absolute atomic E-state index is 0.102. The lowest BCUT2D eigenvalue weighted by Gasteiger charge is -2.34. The van der Waals surface area contributed by atoms with Crippen molar-refractivity contribution in [1.82, 2.24) is 15.1 Å². The van der Waals surface area contributed by atoms with Crippen molar-refractivity contribution in [2.45, 2.75) is 37.7 Å². The number of amides is 1. The summed E-state index contributed by atoms with van der Waals surface area (Å²) < 4.78 is 5.90. The topological polar surface area (TPSA) is 58.2 Å². The Morgan fingerprint density at radius 1 is 1.33 bits per heavy atom. The third-order valence-corrected chi connectivity index (χ3v) is 5.19. The van der Waals surface area contributed by atoms with Gasteiger partial charge >= 0.3 is 0 Å². The van der Waals surface area contributed by atoms with Crippen LogP contribution < -0.4 is 0 Å². The van der Waals surface area contributed by atoms with Crippen molar-refractivity contribution in [3.63, 3.8) is 0 Å². The standard InChI is InChI=1S/C19H23N3O2/c23-19(12-18-16-6-2-1-4-14(16)8-11-24-18)22-10-3-5-15(13-22)17-7-9-20-21-17/h1-2,4,6-7,9,15,18H,3,5,8,10-13H2,(H,20,21). The van der Waals surface area contributed by atoms with Gasteiger partial charge in [0.25, 0.3) is 0 Å². The Labute approximate surface area is 142 Å². The van der Waals surface area contributed by atoms with Gasteiger partial charge in [-0.15, -0.1) is 0 Å². The Kier molecular flexibility index (Phi) is 4.34. The molecule has 2 unspecified atom stereocenters. The molecule has 0 bridgehead atoms. The average molecular weight is 325 g/mol. The summed E-state index contributed by atoms with van der Waals surface area (Å²) in [4.78, 5) is 14.8. The number of hydrogen-bond donors (Lipinski definition) is 1. The van der Waals surface area contributed by atoms with Crippen molar-refractivity contribution in [3.8, 4) is 0 Å². The Morgan fingerprint density at radius 3 is 3.12 bits per heavy atom. The molecule has 126 valence electrons. The Balaban J connectivity index is 1.43. The van der Waals surface area contributed by atoms with Crippen molar-refractivity contribution in [2.24, 2.45) is 0 Å². The molecule has 0 radical (unpaired) electrons. The summed E-state index contributed by atoms with van der Waals surface area (Å²) in [7, 11) is 0. The van der Waals surface area contributed by atoms with Crippen molar-refractivity contribution in [2.75, 3.05) is 19.7 Å². The summed E-state index contributed by atoms with van der Waals surface area (Å²) in [6, 6.07) is 10.3. The van der Waals surface area contributed by atoms with Crippen LogP contribution in [0.3, 0.4) is 0 Å². The van der Waals surface area contributed by atoms with E-state index in [4.69, 9.17) is 4.74 Å². The summed E-state index contributed by atoms with van der Waals surface area (Å²) >= 11 is 0. The van der Waals surface area contributed by atoms with Crippen molar-refractivity contribution >= 4 is 5.91 Å². The quantitative estimate of drug-likeness (QED) is 0.944. The molecule has 0 saturated carbocycles. The van der Waals surface area contributed by atoms with Crippen LogP contribution in [-0.2, 0) is 16.0 Å². The van der Waals surface area contributed by atoms with Crippen LogP contribution in [0.4, 0.5) is 0 Å². The zero-order valence-corrected chi connectivity index (χ0v) is 13.8. The van der Waals surface area contributed by atoms with Crippen LogP contribution in [0.2, 0.25) is 0 Å². The van der Waals surface area contributed by atoms with Gasteiger partial charge in [-0.25, -0.2) is 0 Å². The number of benzene rings is 1. The second kappa shape index (κ2) is 6.77. The zero-order chi connectivity index (χ0) is 16.4. The molecule has 1 amide bonds. The molecule has 2 aromatic rings. The molecule has 1 saturated heterocycles. The van der Waals surface area contributed by atoms with E-state index >= 15 is 0 Å². The predicted molar refractivity (Wildman–Crippen MR) is 90.6 cm³/mol. The fourth-order valence-corrected chi connectivity index (χ4v) is 3.89. The third kappa shape index (κ3) is 3.08. The van der Waals surface area contributed by atoms with E-state index in [1.54, 1.807) is 6.20 Å². The predicted octanol–water partition coefficient (Wildman–Crippen LogP) is 2.82. The van der Waals surface area contributed by atoms with E-state index in [0.717, 1.165) is 38.0 Å². The molecule has 0 spiro atoms. The molecular formula is C19H23N3O2. The zero-order valence-electron chi connectivity index (χ0n) is 13.8. The van der Waals surface area contributed by atoms with Crippen molar-refractivity contribution in [3.05, 3.63) is 53.3 Å². The van der Waals surface area contributed by atoms with Crippen LogP contribution in [0, 0.1) is 0 Å². The fourth-order valence-electron chi connectivity index (χ4n) is 3.89. The van der Waals surface area contributed by atoms with Gasteiger partial charge in [-0.3, -0.25) is 9.89 Å². The van der Waals surface area contributed by atoms with Gasteiger partial charge < -0.3 is 9.64 Å². The highest BCUT2D eigenvalue weighted by atomic mass is 16.5. The first-order chi connectivity index (χ1) is 11.8. The Bertz CT molecular complexity index is 698. The van der Waals surface area contributed by atoms with Gasteiger partial charge in [0.2, 0.25) is 5.91 Å². The molecule has 0 aliphatic carbocycles. The second-order valence-electron chi connectivity index (χ2n) is 6.70. The second-order valence-corrected chi connectivity index (χ2v) is 6.70. The van der Waals surface area contributed by atoms with E-state index in [0.29, 0.717) is 18.9 Å². The Morgan fingerprint density at radius 2 is 2.25 bits per heavy atom. The number of nitrogens with zero attached hydrogens (tertiary/aromatic N) is 2. The molecule has 5 nitrogen and oxygen atoms in total. The molecule has 5 heteroatoms. The molecule has 3 heterocycles. The lowest BCUT2D eigenvalue weighted by Crippen LogP contribution is -2.40. The number of nitrogens with one attached hydrogen (secondary N) is 1. The molecule has 2 aliphatic heterocycles. The summed E-state index contributed by atoms with van der Waals surface area (Å²) in [6.07, 6.45) is 5.20. The van der Waals surface area contributed by atoms with Crippen LogP contribution >= 0.6 is 0 Å². The lowest BCUT2D eigenvalue weighted by atomic mass is 9.93. The Hall–Kier alpha value is -2.14. The number of H-pyrrole nitrogens is 1. The first-order valence-corrected chi connectivity index (χ1v) is 8.77. The number of ether oxygens (including phenoxy) is 1. The number of carbonyl (C=O) groups excluding carboxylic acids is 1. The summed E-state index contributed by atoms with van der Waals surface area (Å²) in [5.41, 5.74) is 3.63. The number of hydrogen-bond acceptors (Lipinski definition) is 3. The van der Waals surface area contributed by atoms with Crippen LogP contribution in [0.5, 0.6) is 0 Å². The van der Waals surface area contributed by atoms with Crippen molar-refractivity contribution < 1.29 is 9.53 Å². The number of aromatic amines is 1. The van der Waals surface area contributed by atoms with Crippen LogP contribution in [0.25, 0.3) is 0 Å². The highest BCUT2D eigenvalue weighted by Gasteiger charge is 2.29. The van der Waals surface area contributed by atoms with Gasteiger partial charge in [0.05, 0.1) is 19.1 Å². The summed E-state index contributed by atoms with van der Waals surface area (Å²) in [5.74, 6) is 0.561. The molecule has 1 fully saturated rings. The molecule has 1 aromatic heterocycles. The van der Waals surface area contributed by atoms with Gasteiger partial charge in [-0.1, -0.05) is 24.3 Å². The average Bonchev–Trinajstić information content (AvgIpc) is 3.17. The largest absolute Gasteiger partial charge is 0.373 e. The number of fused-ring (bicyclic) bond motifs is 1. The van der Waals surface area contributed by atoms with Gasteiger partial charge in [-0.2, -0.15) is 5.10 Å². The minimum atomic E-state index is -0.102. The van der Waals surface area contributed by atoms with E-state index in [9.17, 15) is 4.79 Å². The molecule has 1 N–H and O–H groups in total. The minimum Gasteiger partial charge on any atom is -0.373 e. The maximum atomic E-state index is 12.8. The van der Waals surface area contributed by atoms with Gasteiger partial charge in [0, 0.05) is 30.9 Å². The van der Waals surface area contributed by atoms with E-state index in [1.165, 1.54) is 11.1 Å². The molecule has 24 heavy (non-hydrogen) atoms. The molecule has 2 aliphatic rings. The molecule has 1 aromatic carbocycles. The molecule has 4 rings (SSSR count). The lowest BCUT2D eigenvalue weighted by molar-refractivity contribution is -0.135. The monoisotopic (exact) mass is 325 g/mol. The first-order valence-electron chi connectivity index (χ1n) is 8.77. The summed E-state index contributed by atoms with van der Waals surface area (Å²) in [6.45, 7) is 2.32. The number of rotatable bonds is 3. The molecule has 2 atom stereocenters. The van der Waals surface area contributed by atoms with Gasteiger partial charge in [0.1, 0.15) is 0 Å². The van der Waals surface area contributed by atoms with Gasteiger partial charge in [-0.05, 0) is 36.5 Å². The number of likely N-dealkylation sites (tertiary alicyclic amines) is 1. The maximum absolute atomic E-state index is 12.8. The number of aromatic nitrogens is 2. The smallest absolute Gasteiger partial charge is 0.225 e. The van der Waals surface area contributed by atoms with E-state index in [-0.39, 0.29) is 12.0 Å². The summed E-state index contributed by atoms with van der Waals surface area (Å²) in [5, 5.41) is 7.09. The highest BCUT2D eigenvalue weighted by Crippen LogP contribution is 2.31. The first kappa shape index (κ1) is 15.4. The van der Waals surface area contributed by atoms with Gasteiger partial charge in [0.15, 0.2) is 0 Å². The fraction of sp³-hybridized carbons (Fsp3) is 0.474. The maximum Gasteiger partial charge on any atom is 0.225 e. The van der Waals surface area contributed by atoms with Crippen molar-refractivity contribution in [1.29, 1.82) is 0 Å².